The average Bonchev–Trinajstić information content (AvgIpc) is 3.12. The standard InChI is InChI=1S/C26H19BrN2O6/c1-34-19-11-9-16(10-12-19)13-22(28-23(30)17-5-4-6-18(27)14-17)26(33)35-15-29-24(31)20-7-2-3-8-21(20)25(29)32/h2-14H,15H2,1H3,(H,28,30)/b22-13-. The molecule has 0 spiro atoms. The molecule has 0 aliphatic carbocycles. The number of hydrogen-bond donors (Lipinski definition) is 1. The Bertz CT molecular complexity index is 1310. The van der Waals surface area contributed by atoms with Crippen molar-refractivity contribution in [2.75, 3.05) is 13.8 Å². The lowest BCUT2D eigenvalue weighted by Gasteiger charge is -2.15. The second-order valence-corrected chi connectivity index (χ2v) is 8.36. The van der Waals surface area contributed by atoms with Crippen LogP contribution in [0.4, 0.5) is 0 Å². The molecule has 1 heterocycles. The molecule has 0 atom stereocenters. The molecule has 35 heavy (non-hydrogen) atoms. The first kappa shape index (κ1) is 23.9. The number of imide groups is 1. The number of ether oxygens (including phenoxy) is 2. The third kappa shape index (κ3) is 5.30. The van der Waals surface area contributed by atoms with Gasteiger partial charge in [-0.3, -0.25) is 14.4 Å². The van der Waals surface area contributed by atoms with E-state index < -0.39 is 30.4 Å². The van der Waals surface area contributed by atoms with E-state index >= 15 is 0 Å². The molecule has 0 fully saturated rings. The number of carbonyl (C=O) groups is 4. The number of carbonyl (C=O) groups excluding carboxylic acids is 4. The molecule has 3 amide bonds. The molecule has 0 radical (unpaired) electrons. The van der Waals surface area contributed by atoms with Crippen molar-refractivity contribution in [2.24, 2.45) is 0 Å². The maximum absolute atomic E-state index is 13.0. The largest absolute Gasteiger partial charge is 0.497 e. The summed E-state index contributed by atoms with van der Waals surface area (Å²) >= 11 is 3.31. The van der Waals surface area contributed by atoms with Crippen molar-refractivity contribution in [1.82, 2.24) is 10.2 Å². The van der Waals surface area contributed by atoms with Crippen molar-refractivity contribution in [2.45, 2.75) is 0 Å². The molecule has 0 aromatic heterocycles. The van der Waals surface area contributed by atoms with Crippen molar-refractivity contribution in [1.29, 1.82) is 0 Å². The monoisotopic (exact) mass is 534 g/mol. The van der Waals surface area contributed by atoms with Gasteiger partial charge in [0.1, 0.15) is 11.4 Å². The van der Waals surface area contributed by atoms with Gasteiger partial charge in [-0.25, -0.2) is 9.69 Å². The molecule has 0 saturated carbocycles. The normalized spacial score (nSPS) is 12.9. The molecule has 4 rings (SSSR count). The molecule has 3 aromatic rings. The van der Waals surface area contributed by atoms with Crippen LogP contribution in [0.5, 0.6) is 5.75 Å². The molecular weight excluding hydrogens is 516 g/mol. The molecule has 1 aliphatic rings. The lowest BCUT2D eigenvalue weighted by molar-refractivity contribution is -0.141. The smallest absolute Gasteiger partial charge is 0.356 e. The zero-order chi connectivity index (χ0) is 24.9. The Labute approximate surface area is 209 Å². The van der Waals surface area contributed by atoms with Gasteiger partial charge in [0.15, 0.2) is 6.73 Å². The zero-order valence-electron chi connectivity index (χ0n) is 18.5. The average molecular weight is 535 g/mol. The van der Waals surface area contributed by atoms with Crippen LogP contribution in [0.25, 0.3) is 6.08 Å². The highest BCUT2D eigenvalue weighted by Gasteiger charge is 2.36. The number of benzene rings is 3. The summed E-state index contributed by atoms with van der Waals surface area (Å²) in [7, 11) is 1.53. The fourth-order valence-corrected chi connectivity index (χ4v) is 3.79. The minimum atomic E-state index is -0.916. The van der Waals surface area contributed by atoms with Crippen LogP contribution < -0.4 is 10.1 Å². The third-order valence-electron chi connectivity index (χ3n) is 5.18. The minimum absolute atomic E-state index is 0.170. The molecule has 176 valence electrons. The summed E-state index contributed by atoms with van der Waals surface area (Å²) in [5.74, 6) is -1.95. The molecule has 9 heteroatoms. The molecule has 0 unspecified atom stereocenters. The van der Waals surface area contributed by atoms with Crippen LogP contribution in [0.2, 0.25) is 0 Å². The van der Waals surface area contributed by atoms with Crippen molar-refractivity contribution in [3.05, 3.63) is 105 Å². The van der Waals surface area contributed by atoms with Crippen LogP contribution in [-0.4, -0.2) is 42.4 Å². The van der Waals surface area contributed by atoms with Crippen molar-refractivity contribution in [3.8, 4) is 5.75 Å². The van der Waals surface area contributed by atoms with Gasteiger partial charge in [0, 0.05) is 10.0 Å². The van der Waals surface area contributed by atoms with E-state index in [0.29, 0.717) is 21.3 Å². The predicted octanol–water partition coefficient (Wildman–Crippen LogP) is 4.03. The van der Waals surface area contributed by atoms with E-state index in [4.69, 9.17) is 9.47 Å². The highest BCUT2D eigenvalue weighted by atomic mass is 79.9. The number of hydrogen-bond acceptors (Lipinski definition) is 6. The van der Waals surface area contributed by atoms with Gasteiger partial charge < -0.3 is 14.8 Å². The summed E-state index contributed by atoms with van der Waals surface area (Å²) in [4.78, 5) is 51.7. The summed E-state index contributed by atoms with van der Waals surface area (Å²) in [6.07, 6.45) is 1.43. The van der Waals surface area contributed by atoms with Gasteiger partial charge in [-0.1, -0.05) is 46.3 Å². The van der Waals surface area contributed by atoms with Crippen molar-refractivity contribution in [3.63, 3.8) is 0 Å². The van der Waals surface area contributed by atoms with Gasteiger partial charge in [0.2, 0.25) is 0 Å². The van der Waals surface area contributed by atoms with E-state index in [1.54, 1.807) is 60.7 Å². The molecule has 1 N–H and O–H groups in total. The Morgan fingerprint density at radius 1 is 0.943 bits per heavy atom. The predicted molar refractivity (Wildman–Crippen MR) is 130 cm³/mol. The second-order valence-electron chi connectivity index (χ2n) is 7.44. The van der Waals surface area contributed by atoms with E-state index in [0.717, 1.165) is 4.90 Å². The van der Waals surface area contributed by atoms with E-state index in [1.165, 1.54) is 25.3 Å². The van der Waals surface area contributed by atoms with Gasteiger partial charge in [0.05, 0.1) is 18.2 Å². The van der Waals surface area contributed by atoms with E-state index in [2.05, 4.69) is 21.2 Å². The Morgan fingerprint density at radius 2 is 1.60 bits per heavy atom. The summed E-state index contributed by atoms with van der Waals surface area (Å²) < 4.78 is 11.1. The van der Waals surface area contributed by atoms with E-state index in [9.17, 15) is 19.2 Å². The Balaban J connectivity index is 1.55. The first-order chi connectivity index (χ1) is 16.9. The number of methoxy groups -OCH3 is 1. The quantitative estimate of drug-likeness (QED) is 0.279. The van der Waals surface area contributed by atoms with Crippen LogP contribution in [0, 0.1) is 0 Å². The van der Waals surface area contributed by atoms with Crippen LogP contribution in [-0.2, 0) is 9.53 Å². The molecule has 8 nitrogen and oxygen atoms in total. The van der Waals surface area contributed by atoms with Gasteiger partial charge in [-0.15, -0.1) is 0 Å². The zero-order valence-corrected chi connectivity index (χ0v) is 20.1. The number of nitrogens with zero attached hydrogens (tertiary/aromatic N) is 1. The molecule has 0 saturated heterocycles. The van der Waals surface area contributed by atoms with Crippen molar-refractivity contribution >= 4 is 45.7 Å². The molecular formula is C26H19BrN2O6. The van der Waals surface area contributed by atoms with Crippen LogP contribution in [0.15, 0.2) is 83.0 Å². The van der Waals surface area contributed by atoms with E-state index in [-0.39, 0.29) is 16.8 Å². The first-order valence-corrected chi connectivity index (χ1v) is 11.2. The first-order valence-electron chi connectivity index (χ1n) is 10.4. The molecule has 3 aromatic carbocycles. The molecule has 1 aliphatic heterocycles. The lowest BCUT2D eigenvalue weighted by atomic mass is 10.1. The highest BCUT2D eigenvalue weighted by Crippen LogP contribution is 2.22. The topological polar surface area (TPSA) is 102 Å². The summed E-state index contributed by atoms with van der Waals surface area (Å²) in [5, 5.41) is 2.56. The number of rotatable bonds is 7. The summed E-state index contributed by atoms with van der Waals surface area (Å²) in [6.45, 7) is -0.599. The number of halogens is 1. The van der Waals surface area contributed by atoms with Gasteiger partial charge in [0.25, 0.3) is 17.7 Å². The van der Waals surface area contributed by atoms with Crippen LogP contribution >= 0.6 is 15.9 Å². The Hall–Kier alpha value is -4.24. The fraction of sp³-hybridized carbons (Fsp3) is 0.0769. The van der Waals surface area contributed by atoms with Crippen molar-refractivity contribution < 1.29 is 28.7 Å². The Kier molecular flexibility index (Phi) is 7.07. The number of amides is 3. The van der Waals surface area contributed by atoms with Gasteiger partial charge in [-0.2, -0.15) is 0 Å². The Morgan fingerprint density at radius 3 is 2.20 bits per heavy atom. The summed E-state index contributed by atoms with van der Waals surface area (Å²) in [5.41, 5.74) is 1.22. The number of esters is 1. The summed E-state index contributed by atoms with van der Waals surface area (Å²) in [6, 6.07) is 19.8. The van der Waals surface area contributed by atoms with E-state index in [1.807, 2.05) is 0 Å². The maximum Gasteiger partial charge on any atom is 0.356 e. The van der Waals surface area contributed by atoms with Gasteiger partial charge >= 0.3 is 5.97 Å². The van der Waals surface area contributed by atoms with Crippen LogP contribution in [0.1, 0.15) is 36.6 Å². The lowest BCUT2D eigenvalue weighted by Crippen LogP contribution is -2.35. The third-order valence-corrected chi connectivity index (χ3v) is 5.68. The fourth-order valence-electron chi connectivity index (χ4n) is 3.39. The second kappa shape index (κ2) is 10.4. The minimum Gasteiger partial charge on any atom is -0.497 e. The maximum atomic E-state index is 13.0. The number of nitrogens with one attached hydrogen (secondary N) is 1. The van der Waals surface area contributed by atoms with Crippen LogP contribution in [0.3, 0.4) is 0 Å². The molecule has 0 bridgehead atoms. The highest BCUT2D eigenvalue weighted by molar-refractivity contribution is 9.10. The van der Waals surface area contributed by atoms with Gasteiger partial charge in [-0.05, 0) is 54.1 Å². The SMILES string of the molecule is COc1ccc(/C=C(\NC(=O)c2cccc(Br)c2)C(=O)OCN2C(=O)c3ccccc3C2=O)cc1. The number of fused-ring (bicyclic) bond motifs is 1.